The first-order chi connectivity index (χ1) is 5.54. The Morgan fingerprint density at radius 3 is 2.33 bits per heavy atom. The molecule has 0 aliphatic heterocycles. The van der Waals surface area contributed by atoms with Gasteiger partial charge in [0.2, 0.25) is 0 Å². The van der Waals surface area contributed by atoms with Gasteiger partial charge in [0.25, 0.3) is 0 Å². The number of hydrogen-bond donors (Lipinski definition) is 0. The summed E-state index contributed by atoms with van der Waals surface area (Å²) in [4.78, 5) is 3.46. The van der Waals surface area contributed by atoms with Crippen molar-refractivity contribution in [2.75, 3.05) is 0 Å². The highest BCUT2D eigenvalue weighted by atomic mass is 35.5. The van der Waals surface area contributed by atoms with Crippen LogP contribution in [0.5, 0.6) is 0 Å². The molecule has 0 atom stereocenters. The van der Waals surface area contributed by atoms with Crippen molar-refractivity contribution in [1.82, 2.24) is 4.98 Å². The Bertz CT molecular complexity index is 254. The van der Waals surface area contributed by atoms with Crippen molar-refractivity contribution >= 4 is 11.6 Å². The summed E-state index contributed by atoms with van der Waals surface area (Å²) < 4.78 is 35.8. The lowest BCUT2D eigenvalue weighted by Crippen LogP contribution is -2.05. The molecule has 1 aromatic rings. The standard InChI is InChI=1S/C7H4ClF3N/c8-3-6-2-1-5(4-12-6)7(9,10)11/h1-4H. The highest BCUT2D eigenvalue weighted by Gasteiger charge is 2.30. The number of nitrogens with zero attached hydrogens (tertiary/aromatic N) is 1. The molecule has 0 saturated heterocycles. The van der Waals surface area contributed by atoms with E-state index in [1.165, 1.54) is 6.07 Å². The monoisotopic (exact) mass is 194 g/mol. The van der Waals surface area contributed by atoms with Gasteiger partial charge in [-0.3, -0.25) is 4.98 Å². The average molecular weight is 195 g/mol. The van der Waals surface area contributed by atoms with Gasteiger partial charge in [-0.05, 0) is 12.1 Å². The molecular formula is C7H4ClF3N. The molecule has 1 aromatic heterocycles. The molecule has 0 fully saturated rings. The molecule has 0 saturated carbocycles. The van der Waals surface area contributed by atoms with Crippen LogP contribution in [0.15, 0.2) is 18.3 Å². The van der Waals surface area contributed by atoms with Crippen molar-refractivity contribution in [1.29, 1.82) is 0 Å². The summed E-state index contributed by atoms with van der Waals surface area (Å²) in [5, 5.41) is 0. The quantitative estimate of drug-likeness (QED) is 0.670. The zero-order valence-electron chi connectivity index (χ0n) is 5.77. The first kappa shape index (κ1) is 9.32. The number of pyridine rings is 1. The van der Waals surface area contributed by atoms with E-state index in [1.807, 2.05) is 0 Å². The molecule has 0 unspecified atom stereocenters. The Balaban J connectivity index is 2.93. The van der Waals surface area contributed by atoms with E-state index >= 15 is 0 Å². The number of hydrogen-bond acceptors (Lipinski definition) is 1. The molecule has 0 N–H and O–H groups in total. The Kier molecular flexibility index (Phi) is 2.57. The zero-order chi connectivity index (χ0) is 9.19. The first-order valence-corrected chi connectivity index (χ1v) is 3.44. The van der Waals surface area contributed by atoms with Crippen molar-refractivity contribution in [3.8, 4) is 0 Å². The van der Waals surface area contributed by atoms with Crippen molar-refractivity contribution in [2.45, 2.75) is 6.18 Å². The number of alkyl halides is 3. The summed E-state index contributed by atoms with van der Waals surface area (Å²) in [6, 6.07) is 2.14. The van der Waals surface area contributed by atoms with Gasteiger partial charge < -0.3 is 0 Å². The smallest absolute Gasteiger partial charge is 0.259 e. The van der Waals surface area contributed by atoms with E-state index < -0.39 is 11.7 Å². The lowest BCUT2D eigenvalue weighted by molar-refractivity contribution is -0.137. The molecule has 1 heterocycles. The average Bonchev–Trinajstić information content (AvgIpc) is 2.03. The zero-order valence-corrected chi connectivity index (χ0v) is 6.52. The van der Waals surface area contributed by atoms with Crippen LogP contribution in [0.25, 0.3) is 0 Å². The summed E-state index contributed by atoms with van der Waals surface area (Å²) in [7, 11) is 0. The molecule has 0 aliphatic carbocycles. The van der Waals surface area contributed by atoms with E-state index in [1.54, 1.807) is 0 Å². The molecular weight excluding hydrogens is 191 g/mol. The van der Waals surface area contributed by atoms with Crippen molar-refractivity contribution in [3.05, 3.63) is 35.5 Å². The largest absolute Gasteiger partial charge is 0.417 e. The van der Waals surface area contributed by atoms with Gasteiger partial charge >= 0.3 is 6.18 Å². The summed E-state index contributed by atoms with van der Waals surface area (Å²) in [5.41, 5.74) is -0.463. The third kappa shape index (κ3) is 2.11. The lowest BCUT2D eigenvalue weighted by Gasteiger charge is -2.05. The van der Waals surface area contributed by atoms with Crippen molar-refractivity contribution < 1.29 is 13.2 Å². The number of halogens is 4. The van der Waals surface area contributed by atoms with Gasteiger partial charge in [-0.2, -0.15) is 13.2 Å². The van der Waals surface area contributed by atoms with E-state index in [0.29, 0.717) is 5.69 Å². The molecule has 1 rings (SSSR count). The van der Waals surface area contributed by atoms with Gasteiger partial charge in [-0.25, -0.2) is 0 Å². The molecule has 65 valence electrons. The van der Waals surface area contributed by atoms with Crippen LogP contribution in [0.2, 0.25) is 0 Å². The van der Waals surface area contributed by atoms with Crippen LogP contribution in [0, 0.1) is 5.88 Å². The molecule has 1 nitrogen and oxygen atoms in total. The normalized spacial score (nSPS) is 11.7. The predicted molar refractivity (Wildman–Crippen MR) is 38.5 cm³/mol. The third-order valence-corrected chi connectivity index (χ3v) is 1.45. The second-order valence-electron chi connectivity index (χ2n) is 2.08. The molecule has 0 aliphatic rings. The minimum atomic E-state index is -4.34. The summed E-state index contributed by atoms with van der Waals surface area (Å²) in [6.07, 6.45) is -3.59. The highest BCUT2D eigenvalue weighted by molar-refractivity contribution is 6.24. The first-order valence-electron chi connectivity index (χ1n) is 3.01. The number of aromatic nitrogens is 1. The van der Waals surface area contributed by atoms with Crippen molar-refractivity contribution in [3.63, 3.8) is 0 Å². The second-order valence-corrected chi connectivity index (χ2v) is 2.30. The fraction of sp³-hybridized carbons (Fsp3) is 0.143. The van der Waals surface area contributed by atoms with Crippen LogP contribution < -0.4 is 0 Å². The Morgan fingerprint density at radius 2 is 2.00 bits per heavy atom. The van der Waals surface area contributed by atoms with Gasteiger partial charge in [-0.15, -0.1) is 11.6 Å². The van der Waals surface area contributed by atoms with Gasteiger partial charge in [0, 0.05) is 6.20 Å². The fourth-order valence-corrected chi connectivity index (χ4v) is 0.767. The molecule has 0 bridgehead atoms. The third-order valence-electron chi connectivity index (χ3n) is 1.23. The predicted octanol–water partition coefficient (Wildman–Crippen LogP) is 2.85. The second kappa shape index (κ2) is 3.31. The molecule has 0 aromatic carbocycles. The SMILES string of the molecule is FC(F)(F)c1ccc([CH]Cl)nc1. The lowest BCUT2D eigenvalue weighted by atomic mass is 10.2. The van der Waals surface area contributed by atoms with Crippen LogP contribution >= 0.6 is 11.6 Å². The minimum absolute atomic E-state index is 0.310. The van der Waals surface area contributed by atoms with Crippen LogP contribution in [0.3, 0.4) is 0 Å². The van der Waals surface area contributed by atoms with Crippen LogP contribution in [0.1, 0.15) is 11.3 Å². The van der Waals surface area contributed by atoms with E-state index in [4.69, 9.17) is 11.6 Å². The maximum atomic E-state index is 11.9. The molecule has 0 amide bonds. The van der Waals surface area contributed by atoms with Crippen LogP contribution in [-0.2, 0) is 6.18 Å². The Morgan fingerprint density at radius 1 is 1.33 bits per heavy atom. The molecule has 12 heavy (non-hydrogen) atoms. The van der Waals surface area contributed by atoms with Crippen molar-refractivity contribution in [2.24, 2.45) is 0 Å². The van der Waals surface area contributed by atoms with Gasteiger partial charge in [0.1, 0.15) is 0 Å². The number of rotatable bonds is 1. The van der Waals surface area contributed by atoms with Crippen LogP contribution in [0.4, 0.5) is 13.2 Å². The Hall–Kier alpha value is -0.770. The van der Waals surface area contributed by atoms with E-state index in [-0.39, 0.29) is 0 Å². The fourth-order valence-electron chi connectivity index (χ4n) is 0.638. The summed E-state index contributed by atoms with van der Waals surface area (Å²) >= 11 is 5.22. The molecule has 1 radical (unpaired) electrons. The minimum Gasteiger partial charge on any atom is -0.259 e. The van der Waals surface area contributed by atoms with Crippen LogP contribution in [-0.4, -0.2) is 4.98 Å². The Labute approximate surface area is 72.2 Å². The summed E-state index contributed by atoms with van der Waals surface area (Å²) in [6.45, 7) is 0. The van der Waals surface area contributed by atoms with Gasteiger partial charge in [0.15, 0.2) is 0 Å². The van der Waals surface area contributed by atoms with Gasteiger partial charge in [-0.1, -0.05) is 0 Å². The van der Waals surface area contributed by atoms with Gasteiger partial charge in [0.05, 0.1) is 17.1 Å². The topological polar surface area (TPSA) is 12.9 Å². The molecule has 5 heteroatoms. The van der Waals surface area contributed by atoms with E-state index in [9.17, 15) is 13.2 Å². The maximum Gasteiger partial charge on any atom is 0.417 e. The van der Waals surface area contributed by atoms with E-state index in [0.717, 1.165) is 18.1 Å². The maximum absolute atomic E-state index is 11.9. The highest BCUT2D eigenvalue weighted by Crippen LogP contribution is 2.28. The summed E-state index contributed by atoms with van der Waals surface area (Å²) in [5.74, 6) is 1.11. The van der Waals surface area contributed by atoms with E-state index in [2.05, 4.69) is 4.98 Å². The molecule has 0 spiro atoms.